The Bertz CT molecular complexity index is 1080. The number of thioether (sulfide) groups is 1. The molecule has 0 fully saturated rings. The fourth-order valence-electron chi connectivity index (χ4n) is 2.62. The first-order valence-corrected chi connectivity index (χ1v) is 9.71. The predicted octanol–water partition coefficient (Wildman–Crippen LogP) is 1.61. The van der Waals surface area contributed by atoms with E-state index in [0.29, 0.717) is 16.6 Å². The highest BCUT2D eigenvalue weighted by Gasteiger charge is 2.16. The lowest BCUT2D eigenvalue weighted by molar-refractivity contribution is -0.134. The highest BCUT2D eigenvalue weighted by molar-refractivity contribution is 7.98. The molecular weight excluding hydrogens is 378 g/mol. The number of rotatable bonds is 6. The molecule has 8 nitrogen and oxygen atoms in total. The first-order chi connectivity index (χ1) is 13.5. The zero-order valence-electron chi connectivity index (χ0n) is 15.5. The van der Waals surface area contributed by atoms with Crippen molar-refractivity contribution < 1.29 is 9.59 Å². The zero-order valence-corrected chi connectivity index (χ0v) is 16.3. The van der Waals surface area contributed by atoms with Crippen LogP contribution in [0.25, 0.3) is 10.9 Å². The summed E-state index contributed by atoms with van der Waals surface area (Å²) in [6, 6.07) is 14.2. The lowest BCUT2D eigenvalue weighted by atomic mass is 10.2. The lowest BCUT2D eigenvalue weighted by Crippen LogP contribution is -2.39. The SMILES string of the molecule is CSc1ccccc1NC(=O)CN(C)C(=O)Cn1nnc2ccccc2c1=O. The van der Waals surface area contributed by atoms with Crippen molar-refractivity contribution in [1.82, 2.24) is 19.9 Å². The van der Waals surface area contributed by atoms with E-state index in [2.05, 4.69) is 15.6 Å². The predicted molar refractivity (Wildman–Crippen MR) is 108 cm³/mol. The molecule has 2 amide bonds. The van der Waals surface area contributed by atoms with Gasteiger partial charge in [0.05, 0.1) is 17.6 Å². The molecule has 0 aliphatic heterocycles. The Morgan fingerprint density at radius 3 is 2.64 bits per heavy atom. The van der Waals surface area contributed by atoms with Crippen LogP contribution >= 0.6 is 11.8 Å². The van der Waals surface area contributed by atoms with E-state index in [4.69, 9.17) is 0 Å². The topological polar surface area (TPSA) is 97.2 Å². The molecule has 0 radical (unpaired) electrons. The number of likely N-dealkylation sites (N-methyl/N-ethyl adjacent to an activating group) is 1. The number of para-hydroxylation sites is 1. The van der Waals surface area contributed by atoms with Crippen molar-refractivity contribution in [2.75, 3.05) is 25.2 Å². The number of aromatic nitrogens is 3. The maximum absolute atomic E-state index is 12.4. The number of hydrogen-bond donors (Lipinski definition) is 1. The molecule has 2 aromatic carbocycles. The standard InChI is InChI=1S/C19H19N5O3S/c1-23(11-17(25)20-15-9-5-6-10-16(15)28-2)18(26)12-24-19(27)13-7-3-4-8-14(13)21-22-24/h3-10H,11-12H2,1-2H3,(H,20,25). The van der Waals surface area contributed by atoms with Crippen molar-refractivity contribution in [3.63, 3.8) is 0 Å². The number of benzene rings is 2. The van der Waals surface area contributed by atoms with Crippen LogP contribution in [0.3, 0.4) is 0 Å². The molecule has 0 aliphatic rings. The van der Waals surface area contributed by atoms with Crippen molar-refractivity contribution in [2.45, 2.75) is 11.4 Å². The van der Waals surface area contributed by atoms with Gasteiger partial charge in [0.1, 0.15) is 12.1 Å². The summed E-state index contributed by atoms with van der Waals surface area (Å²) in [4.78, 5) is 39.3. The van der Waals surface area contributed by atoms with Gasteiger partial charge in [0.2, 0.25) is 11.8 Å². The van der Waals surface area contributed by atoms with Crippen LogP contribution in [0.2, 0.25) is 0 Å². The number of anilines is 1. The number of hydrogen-bond acceptors (Lipinski definition) is 6. The van der Waals surface area contributed by atoms with Gasteiger partial charge in [-0.1, -0.05) is 29.5 Å². The minimum Gasteiger partial charge on any atom is -0.335 e. The van der Waals surface area contributed by atoms with Gasteiger partial charge in [-0.25, -0.2) is 4.68 Å². The molecule has 0 saturated carbocycles. The van der Waals surface area contributed by atoms with Gasteiger partial charge in [-0.2, -0.15) is 0 Å². The summed E-state index contributed by atoms with van der Waals surface area (Å²) in [5.41, 5.74) is 0.763. The normalized spacial score (nSPS) is 10.6. The number of nitrogens with zero attached hydrogens (tertiary/aromatic N) is 4. The van der Waals surface area contributed by atoms with Crippen LogP contribution in [0.1, 0.15) is 0 Å². The van der Waals surface area contributed by atoms with Gasteiger partial charge in [-0.3, -0.25) is 14.4 Å². The Morgan fingerprint density at radius 1 is 1.14 bits per heavy atom. The summed E-state index contributed by atoms with van der Waals surface area (Å²) in [7, 11) is 1.50. The Morgan fingerprint density at radius 2 is 1.86 bits per heavy atom. The first kappa shape index (κ1) is 19.6. The van der Waals surface area contributed by atoms with E-state index in [9.17, 15) is 14.4 Å². The van der Waals surface area contributed by atoms with Gasteiger partial charge in [0.15, 0.2) is 0 Å². The van der Waals surface area contributed by atoms with Gasteiger partial charge in [0, 0.05) is 11.9 Å². The van der Waals surface area contributed by atoms with Crippen LogP contribution in [0.15, 0.2) is 58.2 Å². The first-order valence-electron chi connectivity index (χ1n) is 8.49. The van der Waals surface area contributed by atoms with Gasteiger partial charge in [-0.15, -0.1) is 16.9 Å². The van der Waals surface area contributed by atoms with E-state index in [1.807, 2.05) is 24.5 Å². The Kier molecular flexibility index (Phi) is 6.05. The monoisotopic (exact) mass is 397 g/mol. The largest absolute Gasteiger partial charge is 0.335 e. The van der Waals surface area contributed by atoms with Crippen molar-refractivity contribution >= 4 is 40.2 Å². The molecule has 144 valence electrons. The third-order valence-electron chi connectivity index (χ3n) is 4.10. The minimum atomic E-state index is -0.417. The van der Waals surface area contributed by atoms with Crippen LogP contribution in [0, 0.1) is 0 Å². The summed E-state index contributed by atoms with van der Waals surface area (Å²) < 4.78 is 1.00. The molecule has 0 atom stereocenters. The Labute approximate surface area is 165 Å². The third kappa shape index (κ3) is 4.37. The van der Waals surface area contributed by atoms with E-state index in [1.165, 1.54) is 23.7 Å². The molecule has 28 heavy (non-hydrogen) atoms. The zero-order chi connectivity index (χ0) is 20.1. The van der Waals surface area contributed by atoms with Crippen LogP contribution in [-0.4, -0.2) is 51.6 Å². The van der Waals surface area contributed by atoms with Gasteiger partial charge < -0.3 is 10.2 Å². The second-order valence-electron chi connectivity index (χ2n) is 6.07. The van der Waals surface area contributed by atoms with Crippen molar-refractivity contribution in [1.29, 1.82) is 0 Å². The van der Waals surface area contributed by atoms with Gasteiger partial charge in [0.25, 0.3) is 5.56 Å². The fraction of sp³-hybridized carbons (Fsp3) is 0.211. The summed E-state index contributed by atoms with van der Waals surface area (Å²) in [6.45, 7) is -0.431. The van der Waals surface area contributed by atoms with E-state index in [-0.39, 0.29) is 19.0 Å². The van der Waals surface area contributed by atoms with E-state index in [1.54, 1.807) is 30.3 Å². The molecule has 3 rings (SSSR count). The quantitative estimate of drug-likeness (QED) is 0.635. The van der Waals surface area contributed by atoms with Crippen LogP contribution in [-0.2, 0) is 16.1 Å². The van der Waals surface area contributed by atoms with Crippen molar-refractivity contribution in [3.8, 4) is 0 Å². The molecule has 0 saturated heterocycles. The second kappa shape index (κ2) is 8.66. The average Bonchev–Trinajstić information content (AvgIpc) is 2.70. The van der Waals surface area contributed by atoms with Crippen molar-refractivity contribution in [3.05, 3.63) is 58.9 Å². The van der Waals surface area contributed by atoms with Crippen LogP contribution in [0.4, 0.5) is 5.69 Å². The fourth-order valence-corrected chi connectivity index (χ4v) is 3.17. The lowest BCUT2D eigenvalue weighted by Gasteiger charge is -2.17. The van der Waals surface area contributed by atoms with Gasteiger partial charge >= 0.3 is 0 Å². The third-order valence-corrected chi connectivity index (χ3v) is 4.90. The molecule has 3 aromatic rings. The molecule has 9 heteroatoms. The molecule has 1 heterocycles. The molecule has 1 aromatic heterocycles. The highest BCUT2D eigenvalue weighted by atomic mass is 32.2. The Hall–Kier alpha value is -3.20. The molecule has 0 spiro atoms. The average molecular weight is 397 g/mol. The maximum atomic E-state index is 12.4. The Balaban J connectivity index is 1.65. The molecule has 0 aliphatic carbocycles. The highest BCUT2D eigenvalue weighted by Crippen LogP contribution is 2.24. The number of fused-ring (bicyclic) bond motifs is 1. The smallest absolute Gasteiger partial charge is 0.278 e. The summed E-state index contributed by atoms with van der Waals surface area (Å²) in [6.07, 6.45) is 1.92. The maximum Gasteiger partial charge on any atom is 0.278 e. The number of carbonyl (C=O) groups excluding carboxylic acids is 2. The molecular formula is C19H19N5O3S. The molecule has 0 bridgehead atoms. The molecule has 0 unspecified atom stereocenters. The van der Waals surface area contributed by atoms with Crippen LogP contribution < -0.4 is 10.9 Å². The van der Waals surface area contributed by atoms with Crippen LogP contribution in [0.5, 0.6) is 0 Å². The summed E-state index contributed by atoms with van der Waals surface area (Å²) in [5, 5.41) is 10.9. The van der Waals surface area contributed by atoms with E-state index >= 15 is 0 Å². The van der Waals surface area contributed by atoms with Crippen molar-refractivity contribution in [2.24, 2.45) is 0 Å². The number of carbonyl (C=O) groups is 2. The summed E-state index contributed by atoms with van der Waals surface area (Å²) >= 11 is 1.52. The van der Waals surface area contributed by atoms with E-state index in [0.717, 1.165) is 9.58 Å². The number of amides is 2. The molecule has 1 N–H and O–H groups in total. The summed E-state index contributed by atoms with van der Waals surface area (Å²) in [5.74, 6) is -0.741. The second-order valence-corrected chi connectivity index (χ2v) is 6.92. The number of nitrogens with one attached hydrogen (secondary N) is 1. The minimum absolute atomic E-state index is 0.142. The van der Waals surface area contributed by atoms with E-state index < -0.39 is 11.5 Å². The van der Waals surface area contributed by atoms with Gasteiger partial charge in [-0.05, 0) is 30.5 Å².